The molecule has 0 atom stereocenters. The van der Waals surface area contributed by atoms with Gasteiger partial charge in [0.15, 0.2) is 0 Å². The molecule has 3 rings (SSSR count). The molecule has 0 bridgehead atoms. The molecule has 0 saturated heterocycles. The summed E-state index contributed by atoms with van der Waals surface area (Å²) in [4.78, 5) is 29.3. The second kappa shape index (κ2) is 8.67. The number of benzene rings is 2. The van der Waals surface area contributed by atoms with E-state index >= 15 is 0 Å². The molecule has 2 aromatic carbocycles. The predicted octanol–water partition coefficient (Wildman–Crippen LogP) is 5.11. The molecule has 3 aromatic rings. The normalized spacial score (nSPS) is 10.4. The molecule has 0 radical (unpaired) electrons. The summed E-state index contributed by atoms with van der Waals surface area (Å²) in [5, 5.41) is 6.10. The van der Waals surface area contributed by atoms with Gasteiger partial charge in [0.1, 0.15) is 0 Å². The first-order chi connectivity index (χ1) is 13.5. The molecule has 1 heterocycles. The van der Waals surface area contributed by atoms with Gasteiger partial charge in [-0.25, -0.2) is 0 Å². The van der Waals surface area contributed by atoms with Crippen molar-refractivity contribution in [2.75, 3.05) is 10.6 Å². The molecule has 2 amide bonds. The predicted molar refractivity (Wildman–Crippen MR) is 112 cm³/mol. The molecule has 28 heavy (non-hydrogen) atoms. The maximum Gasteiger partial charge on any atom is 0.257 e. The van der Waals surface area contributed by atoms with E-state index in [2.05, 4.69) is 15.6 Å². The third-order valence-electron chi connectivity index (χ3n) is 4.36. The fourth-order valence-corrected chi connectivity index (χ4v) is 3.02. The summed E-state index contributed by atoms with van der Waals surface area (Å²) in [5.74, 6) is -0.704. The van der Waals surface area contributed by atoms with E-state index in [0.29, 0.717) is 16.3 Å². The van der Waals surface area contributed by atoms with Gasteiger partial charge in [-0.05, 0) is 42.7 Å². The van der Waals surface area contributed by atoms with Crippen molar-refractivity contribution in [1.82, 2.24) is 4.98 Å². The number of aryl methyl sites for hydroxylation is 2. The molecular weight excluding hydrogens is 374 g/mol. The Morgan fingerprint density at radius 2 is 1.64 bits per heavy atom. The van der Waals surface area contributed by atoms with Gasteiger partial charge in [-0.3, -0.25) is 14.6 Å². The van der Waals surface area contributed by atoms with Crippen molar-refractivity contribution in [3.8, 4) is 0 Å². The van der Waals surface area contributed by atoms with Crippen LogP contribution in [0.25, 0.3) is 0 Å². The van der Waals surface area contributed by atoms with Crippen molar-refractivity contribution in [2.45, 2.75) is 20.3 Å². The highest BCUT2D eigenvalue weighted by Crippen LogP contribution is 2.23. The number of aromatic nitrogens is 1. The highest BCUT2D eigenvalue weighted by molar-refractivity contribution is 6.33. The van der Waals surface area contributed by atoms with Gasteiger partial charge < -0.3 is 10.6 Å². The molecular formula is C22H20ClN3O2. The smallest absolute Gasteiger partial charge is 0.257 e. The molecule has 0 spiro atoms. The Bertz CT molecular complexity index is 1030. The lowest BCUT2D eigenvalue weighted by Gasteiger charge is -2.13. The average molecular weight is 394 g/mol. The van der Waals surface area contributed by atoms with E-state index < -0.39 is 0 Å². The third kappa shape index (κ3) is 4.38. The Balaban J connectivity index is 1.80. The number of hydrogen-bond acceptors (Lipinski definition) is 3. The van der Waals surface area contributed by atoms with Crippen molar-refractivity contribution >= 4 is 34.8 Å². The zero-order chi connectivity index (χ0) is 20.1. The second-order valence-corrected chi connectivity index (χ2v) is 6.72. The molecule has 0 fully saturated rings. The number of hydrogen-bond donors (Lipinski definition) is 2. The number of para-hydroxylation sites is 2. The van der Waals surface area contributed by atoms with Gasteiger partial charge in [0.25, 0.3) is 11.8 Å². The third-order valence-corrected chi connectivity index (χ3v) is 4.69. The molecule has 2 N–H and O–H groups in total. The monoisotopic (exact) mass is 393 g/mol. The quantitative estimate of drug-likeness (QED) is 0.632. The van der Waals surface area contributed by atoms with E-state index in [0.717, 1.165) is 23.2 Å². The second-order valence-electron chi connectivity index (χ2n) is 6.31. The van der Waals surface area contributed by atoms with Gasteiger partial charge in [-0.2, -0.15) is 0 Å². The first-order valence-electron chi connectivity index (χ1n) is 8.90. The molecule has 0 aliphatic heterocycles. The van der Waals surface area contributed by atoms with Crippen LogP contribution in [-0.2, 0) is 6.42 Å². The van der Waals surface area contributed by atoms with E-state index in [1.165, 1.54) is 18.5 Å². The minimum absolute atomic E-state index is 0.271. The molecule has 0 aliphatic carbocycles. The summed E-state index contributed by atoms with van der Waals surface area (Å²) in [6.45, 7) is 3.98. The van der Waals surface area contributed by atoms with Crippen LogP contribution in [0.2, 0.25) is 5.02 Å². The Labute approximate surface area is 168 Å². The zero-order valence-corrected chi connectivity index (χ0v) is 16.4. The molecule has 0 saturated carbocycles. The molecule has 142 valence electrons. The first kappa shape index (κ1) is 19.6. The SMILES string of the molecule is CCc1cccc(C)c1NC(=O)c1cncc(C(=O)Nc2ccccc2Cl)c1. The van der Waals surface area contributed by atoms with E-state index in [1.54, 1.807) is 24.3 Å². The Morgan fingerprint density at radius 3 is 2.32 bits per heavy atom. The summed E-state index contributed by atoms with van der Waals surface area (Å²) in [7, 11) is 0. The number of pyridine rings is 1. The van der Waals surface area contributed by atoms with Gasteiger partial charge in [-0.1, -0.05) is 48.9 Å². The van der Waals surface area contributed by atoms with Crippen LogP contribution in [0.4, 0.5) is 11.4 Å². The van der Waals surface area contributed by atoms with Gasteiger partial charge in [0, 0.05) is 18.1 Å². The van der Waals surface area contributed by atoms with E-state index in [-0.39, 0.29) is 17.4 Å². The van der Waals surface area contributed by atoms with Gasteiger partial charge >= 0.3 is 0 Å². The summed E-state index contributed by atoms with van der Waals surface area (Å²) in [6.07, 6.45) is 3.65. The number of carbonyl (C=O) groups is 2. The van der Waals surface area contributed by atoms with Crippen LogP contribution >= 0.6 is 11.6 Å². The molecule has 5 nitrogen and oxygen atoms in total. The highest BCUT2D eigenvalue weighted by Gasteiger charge is 2.14. The number of rotatable bonds is 5. The van der Waals surface area contributed by atoms with Gasteiger partial charge in [0.2, 0.25) is 0 Å². The van der Waals surface area contributed by atoms with E-state index in [1.807, 2.05) is 32.0 Å². The van der Waals surface area contributed by atoms with Crippen LogP contribution in [0.15, 0.2) is 60.9 Å². The number of nitrogens with zero attached hydrogens (tertiary/aromatic N) is 1. The summed E-state index contributed by atoms with van der Waals surface area (Å²) in [5.41, 5.74) is 3.89. The minimum Gasteiger partial charge on any atom is -0.321 e. The van der Waals surface area contributed by atoms with Crippen molar-refractivity contribution in [2.24, 2.45) is 0 Å². The molecule has 0 aliphatic rings. The standard InChI is InChI=1S/C22H20ClN3O2/c1-3-15-8-6-7-14(2)20(15)26-22(28)17-11-16(12-24-13-17)21(27)25-19-10-5-4-9-18(19)23/h4-13H,3H2,1-2H3,(H,25,27)(H,26,28). The summed E-state index contributed by atoms with van der Waals surface area (Å²) >= 11 is 6.08. The topological polar surface area (TPSA) is 71.1 Å². The largest absolute Gasteiger partial charge is 0.321 e. The Morgan fingerprint density at radius 1 is 0.964 bits per heavy atom. The lowest BCUT2D eigenvalue weighted by atomic mass is 10.1. The maximum atomic E-state index is 12.7. The van der Waals surface area contributed by atoms with Crippen molar-refractivity contribution in [3.05, 3.63) is 88.2 Å². The molecule has 0 unspecified atom stereocenters. The highest BCUT2D eigenvalue weighted by atomic mass is 35.5. The van der Waals surface area contributed by atoms with Crippen LogP contribution in [0.3, 0.4) is 0 Å². The lowest BCUT2D eigenvalue weighted by Crippen LogP contribution is -2.17. The van der Waals surface area contributed by atoms with Crippen LogP contribution in [0, 0.1) is 6.92 Å². The first-order valence-corrected chi connectivity index (χ1v) is 9.28. The van der Waals surface area contributed by atoms with E-state index in [4.69, 9.17) is 11.6 Å². The van der Waals surface area contributed by atoms with Crippen molar-refractivity contribution in [3.63, 3.8) is 0 Å². The fraction of sp³-hybridized carbons (Fsp3) is 0.136. The van der Waals surface area contributed by atoms with Crippen LogP contribution in [0.1, 0.15) is 38.8 Å². The zero-order valence-electron chi connectivity index (χ0n) is 15.6. The minimum atomic E-state index is -0.389. The van der Waals surface area contributed by atoms with Crippen LogP contribution < -0.4 is 10.6 Å². The van der Waals surface area contributed by atoms with Crippen molar-refractivity contribution < 1.29 is 9.59 Å². The van der Waals surface area contributed by atoms with Crippen LogP contribution in [0.5, 0.6) is 0 Å². The fourth-order valence-electron chi connectivity index (χ4n) is 2.83. The number of carbonyl (C=O) groups excluding carboxylic acids is 2. The number of amides is 2. The van der Waals surface area contributed by atoms with E-state index in [9.17, 15) is 9.59 Å². The maximum absolute atomic E-state index is 12.7. The molecule has 6 heteroatoms. The average Bonchev–Trinajstić information content (AvgIpc) is 2.71. The number of anilines is 2. The van der Waals surface area contributed by atoms with Gasteiger partial charge in [0.05, 0.1) is 21.8 Å². The van der Waals surface area contributed by atoms with Crippen molar-refractivity contribution in [1.29, 1.82) is 0 Å². The van der Waals surface area contributed by atoms with Crippen LogP contribution in [-0.4, -0.2) is 16.8 Å². The number of halogens is 1. The Hall–Kier alpha value is -3.18. The summed E-state index contributed by atoms with van der Waals surface area (Å²) < 4.78 is 0. The van der Waals surface area contributed by atoms with Gasteiger partial charge in [-0.15, -0.1) is 0 Å². The number of nitrogens with one attached hydrogen (secondary N) is 2. The lowest BCUT2D eigenvalue weighted by molar-refractivity contribution is 0.102. The summed E-state index contributed by atoms with van der Waals surface area (Å²) in [6, 6.07) is 14.3. The molecule has 1 aromatic heterocycles. The Kier molecular flexibility index (Phi) is 6.06.